The van der Waals surface area contributed by atoms with E-state index in [0.717, 1.165) is 6.07 Å². The third-order valence-electron chi connectivity index (χ3n) is 2.76. The van der Waals surface area contributed by atoms with Gasteiger partial charge in [-0.1, -0.05) is 6.07 Å². The Hall–Kier alpha value is -2.01. The van der Waals surface area contributed by atoms with Gasteiger partial charge in [0.2, 0.25) is 0 Å². The molecule has 1 aromatic carbocycles. The highest BCUT2D eigenvalue weighted by molar-refractivity contribution is 5.49. The molecule has 0 radical (unpaired) electrons. The van der Waals surface area contributed by atoms with E-state index >= 15 is 0 Å². The quantitative estimate of drug-likeness (QED) is 0.877. The van der Waals surface area contributed by atoms with Crippen LogP contribution in [0.1, 0.15) is 17.2 Å². The van der Waals surface area contributed by atoms with E-state index in [-0.39, 0.29) is 0 Å². The molecule has 2 rings (SSSR count). The standard InChI is InChI=1S/C13H13F2N3/c1-17-13(10-7-18-5-4-12(10)16)9-3-2-8(14)6-11(9)15/h2-7,13,17H,1H3,(H2,16,18). The number of halogens is 2. The van der Waals surface area contributed by atoms with Gasteiger partial charge in [-0.2, -0.15) is 0 Å². The predicted octanol–water partition coefficient (Wildman–Crippen LogP) is 2.25. The molecule has 0 saturated heterocycles. The number of nitrogens with one attached hydrogen (secondary N) is 1. The van der Waals surface area contributed by atoms with Crippen LogP contribution in [-0.4, -0.2) is 12.0 Å². The molecule has 3 nitrogen and oxygen atoms in total. The minimum absolute atomic E-state index is 0.332. The Balaban J connectivity index is 2.49. The summed E-state index contributed by atoms with van der Waals surface area (Å²) >= 11 is 0. The van der Waals surface area contributed by atoms with E-state index in [2.05, 4.69) is 10.3 Å². The Morgan fingerprint density at radius 3 is 2.61 bits per heavy atom. The zero-order chi connectivity index (χ0) is 13.1. The molecule has 0 aliphatic carbocycles. The van der Waals surface area contributed by atoms with Gasteiger partial charge in [-0.25, -0.2) is 8.78 Å². The molecule has 1 atom stereocenters. The maximum atomic E-state index is 13.8. The number of nitrogens with zero attached hydrogens (tertiary/aromatic N) is 1. The van der Waals surface area contributed by atoms with Gasteiger partial charge in [0.15, 0.2) is 0 Å². The van der Waals surface area contributed by atoms with Crippen molar-refractivity contribution in [2.45, 2.75) is 6.04 Å². The van der Waals surface area contributed by atoms with Gasteiger partial charge in [-0.05, 0) is 19.2 Å². The summed E-state index contributed by atoms with van der Waals surface area (Å²) < 4.78 is 26.7. The lowest BCUT2D eigenvalue weighted by molar-refractivity contribution is 0.552. The average Bonchev–Trinajstić information content (AvgIpc) is 2.34. The van der Waals surface area contributed by atoms with Crippen LogP contribution in [0, 0.1) is 11.6 Å². The maximum absolute atomic E-state index is 13.8. The van der Waals surface area contributed by atoms with Crippen LogP contribution in [-0.2, 0) is 0 Å². The molecule has 18 heavy (non-hydrogen) atoms. The Kier molecular flexibility index (Phi) is 3.53. The predicted molar refractivity (Wildman–Crippen MR) is 65.9 cm³/mol. The van der Waals surface area contributed by atoms with Crippen LogP contribution in [0.15, 0.2) is 36.7 Å². The molecule has 0 saturated carbocycles. The van der Waals surface area contributed by atoms with Gasteiger partial charge in [0, 0.05) is 35.3 Å². The smallest absolute Gasteiger partial charge is 0.131 e. The van der Waals surface area contributed by atoms with Gasteiger partial charge in [-0.15, -0.1) is 0 Å². The maximum Gasteiger partial charge on any atom is 0.131 e. The minimum Gasteiger partial charge on any atom is -0.398 e. The van der Waals surface area contributed by atoms with Gasteiger partial charge in [-0.3, -0.25) is 4.98 Å². The highest BCUT2D eigenvalue weighted by atomic mass is 19.1. The number of hydrogen-bond donors (Lipinski definition) is 2. The summed E-state index contributed by atoms with van der Waals surface area (Å²) in [7, 11) is 1.68. The van der Waals surface area contributed by atoms with E-state index in [9.17, 15) is 8.78 Å². The summed E-state index contributed by atoms with van der Waals surface area (Å²) in [6.07, 6.45) is 3.13. The second kappa shape index (κ2) is 5.10. The van der Waals surface area contributed by atoms with Crippen LogP contribution in [0.3, 0.4) is 0 Å². The first-order valence-corrected chi connectivity index (χ1v) is 5.45. The molecule has 0 aliphatic rings. The molecule has 0 fully saturated rings. The molecule has 0 spiro atoms. The molecule has 1 unspecified atom stereocenters. The van der Waals surface area contributed by atoms with E-state index in [1.54, 1.807) is 25.5 Å². The molecule has 5 heteroatoms. The van der Waals surface area contributed by atoms with Crippen LogP contribution in [0.2, 0.25) is 0 Å². The zero-order valence-corrected chi connectivity index (χ0v) is 9.82. The molecule has 2 aromatic rings. The second-order valence-electron chi connectivity index (χ2n) is 3.89. The van der Waals surface area contributed by atoms with Gasteiger partial charge in [0.05, 0.1) is 6.04 Å². The number of pyridine rings is 1. The van der Waals surface area contributed by atoms with Gasteiger partial charge < -0.3 is 11.1 Å². The lowest BCUT2D eigenvalue weighted by Crippen LogP contribution is -2.20. The van der Waals surface area contributed by atoms with Crippen LogP contribution in [0.5, 0.6) is 0 Å². The van der Waals surface area contributed by atoms with Crippen molar-refractivity contribution in [2.75, 3.05) is 12.8 Å². The normalized spacial score (nSPS) is 12.4. The summed E-state index contributed by atoms with van der Waals surface area (Å²) in [5, 5.41) is 2.95. The molecule has 0 bridgehead atoms. The Morgan fingerprint density at radius 1 is 1.22 bits per heavy atom. The highest BCUT2D eigenvalue weighted by Crippen LogP contribution is 2.27. The summed E-state index contributed by atoms with van der Waals surface area (Å²) in [5.74, 6) is -1.22. The Bertz CT molecular complexity index is 558. The van der Waals surface area contributed by atoms with Crippen molar-refractivity contribution in [3.8, 4) is 0 Å². The third kappa shape index (κ3) is 2.31. The van der Waals surface area contributed by atoms with Crippen molar-refractivity contribution < 1.29 is 8.78 Å². The largest absolute Gasteiger partial charge is 0.398 e. The lowest BCUT2D eigenvalue weighted by atomic mass is 9.98. The van der Waals surface area contributed by atoms with Gasteiger partial charge in [0.25, 0.3) is 0 Å². The van der Waals surface area contributed by atoms with E-state index in [4.69, 9.17) is 5.73 Å². The number of nitrogen functional groups attached to an aromatic ring is 1. The summed E-state index contributed by atoms with van der Waals surface area (Å²) in [6, 6.07) is 4.65. The fourth-order valence-electron chi connectivity index (χ4n) is 1.87. The average molecular weight is 249 g/mol. The molecule has 0 aliphatic heterocycles. The lowest BCUT2D eigenvalue weighted by Gasteiger charge is -2.19. The number of hydrogen-bond acceptors (Lipinski definition) is 3. The van der Waals surface area contributed by atoms with E-state index in [0.29, 0.717) is 16.8 Å². The van der Waals surface area contributed by atoms with Crippen LogP contribution in [0.25, 0.3) is 0 Å². The molecule has 1 heterocycles. The van der Waals surface area contributed by atoms with Crippen molar-refractivity contribution in [3.63, 3.8) is 0 Å². The van der Waals surface area contributed by atoms with E-state index in [1.165, 1.54) is 12.1 Å². The number of aromatic nitrogens is 1. The molecule has 0 amide bonds. The molecule has 3 N–H and O–H groups in total. The first kappa shape index (κ1) is 12.4. The molecule has 1 aromatic heterocycles. The van der Waals surface area contributed by atoms with Crippen molar-refractivity contribution >= 4 is 5.69 Å². The Labute approximate surface area is 104 Å². The first-order chi connectivity index (χ1) is 8.63. The van der Waals surface area contributed by atoms with Crippen molar-refractivity contribution in [2.24, 2.45) is 0 Å². The van der Waals surface area contributed by atoms with Gasteiger partial charge in [0.1, 0.15) is 11.6 Å². The first-order valence-electron chi connectivity index (χ1n) is 5.45. The number of nitrogens with two attached hydrogens (primary N) is 1. The van der Waals surface area contributed by atoms with Crippen molar-refractivity contribution in [1.82, 2.24) is 10.3 Å². The van der Waals surface area contributed by atoms with Gasteiger partial charge >= 0.3 is 0 Å². The number of anilines is 1. The Morgan fingerprint density at radius 2 is 2.00 bits per heavy atom. The monoisotopic (exact) mass is 249 g/mol. The van der Waals surface area contributed by atoms with Crippen LogP contribution in [0.4, 0.5) is 14.5 Å². The summed E-state index contributed by atoms with van der Waals surface area (Å²) in [6.45, 7) is 0. The second-order valence-corrected chi connectivity index (χ2v) is 3.89. The fourth-order valence-corrected chi connectivity index (χ4v) is 1.87. The molecular weight excluding hydrogens is 236 g/mol. The summed E-state index contributed by atoms with van der Waals surface area (Å²) in [4.78, 5) is 3.97. The SMILES string of the molecule is CNC(c1cnccc1N)c1ccc(F)cc1F. The molecular formula is C13H13F2N3. The van der Waals surface area contributed by atoms with Crippen LogP contribution >= 0.6 is 0 Å². The van der Waals surface area contributed by atoms with E-state index < -0.39 is 17.7 Å². The van der Waals surface area contributed by atoms with Crippen LogP contribution < -0.4 is 11.1 Å². The number of benzene rings is 1. The summed E-state index contributed by atoms with van der Waals surface area (Å²) in [5.41, 5.74) is 7.34. The minimum atomic E-state index is -0.613. The number of rotatable bonds is 3. The molecule has 94 valence electrons. The third-order valence-corrected chi connectivity index (χ3v) is 2.76. The van der Waals surface area contributed by atoms with Crippen molar-refractivity contribution in [1.29, 1.82) is 0 Å². The zero-order valence-electron chi connectivity index (χ0n) is 9.82. The van der Waals surface area contributed by atoms with E-state index in [1.807, 2.05) is 0 Å². The van der Waals surface area contributed by atoms with Crippen molar-refractivity contribution in [3.05, 3.63) is 59.4 Å². The fraction of sp³-hybridized carbons (Fsp3) is 0.154. The topological polar surface area (TPSA) is 50.9 Å². The highest BCUT2D eigenvalue weighted by Gasteiger charge is 2.18.